The van der Waals surface area contributed by atoms with Crippen LogP contribution in [-0.4, -0.2) is 37.0 Å². The van der Waals surface area contributed by atoms with Crippen molar-refractivity contribution in [3.8, 4) is 0 Å². The minimum absolute atomic E-state index is 0.323. The highest BCUT2D eigenvalue weighted by atomic mass is 16.1. The molecule has 4 heteroatoms. The molecule has 0 saturated carbocycles. The highest BCUT2D eigenvalue weighted by molar-refractivity contribution is 5.86. The molecule has 1 rings (SSSR count). The van der Waals surface area contributed by atoms with Crippen LogP contribution in [0.3, 0.4) is 0 Å². The molecule has 0 radical (unpaired) electrons. The lowest BCUT2D eigenvalue weighted by atomic mass is 9.85. The fraction of sp³-hybridized carbons (Fsp3) is 0.588. The first-order valence-electron chi connectivity index (χ1n) is 7.76. The van der Waals surface area contributed by atoms with Gasteiger partial charge in [-0.2, -0.15) is 0 Å². The lowest BCUT2D eigenvalue weighted by molar-refractivity contribution is -0.125. The van der Waals surface area contributed by atoms with Crippen LogP contribution in [0.2, 0.25) is 0 Å². The summed E-state index contributed by atoms with van der Waals surface area (Å²) in [7, 11) is 1.80. The van der Waals surface area contributed by atoms with E-state index in [9.17, 15) is 4.79 Å². The third kappa shape index (κ3) is 4.29. The zero-order valence-corrected chi connectivity index (χ0v) is 13.7. The lowest BCUT2D eigenvalue weighted by Gasteiger charge is -2.34. The van der Waals surface area contributed by atoms with Crippen LogP contribution in [-0.2, 0) is 10.3 Å². The van der Waals surface area contributed by atoms with Gasteiger partial charge in [0.05, 0.1) is 0 Å². The Morgan fingerprint density at radius 1 is 1.29 bits per heavy atom. The summed E-state index contributed by atoms with van der Waals surface area (Å²) >= 11 is 0. The molecule has 0 heterocycles. The summed E-state index contributed by atoms with van der Waals surface area (Å²) in [5.74, 6) is -0.323. The normalized spacial score (nSPS) is 14.4. The Morgan fingerprint density at radius 2 is 1.90 bits per heavy atom. The molecule has 1 aromatic rings. The van der Waals surface area contributed by atoms with Gasteiger partial charge in [0.2, 0.25) is 5.91 Å². The van der Waals surface area contributed by atoms with E-state index in [1.807, 2.05) is 30.3 Å². The van der Waals surface area contributed by atoms with Crippen molar-refractivity contribution in [2.24, 2.45) is 5.73 Å². The van der Waals surface area contributed by atoms with Crippen molar-refractivity contribution in [3.05, 3.63) is 35.9 Å². The number of rotatable bonds is 9. The molecule has 0 aliphatic heterocycles. The van der Waals surface area contributed by atoms with E-state index in [-0.39, 0.29) is 5.91 Å². The molecule has 1 unspecified atom stereocenters. The summed E-state index contributed by atoms with van der Waals surface area (Å²) in [6.07, 6.45) is 1.77. The Morgan fingerprint density at radius 3 is 2.33 bits per heavy atom. The second-order valence-corrected chi connectivity index (χ2v) is 5.77. The minimum atomic E-state index is -0.803. The van der Waals surface area contributed by atoms with Crippen molar-refractivity contribution < 1.29 is 4.79 Å². The number of amides is 1. The molecule has 0 spiro atoms. The average Bonchev–Trinajstić information content (AvgIpc) is 2.47. The molecule has 1 amide bonds. The molecule has 0 aliphatic rings. The zero-order valence-electron chi connectivity index (χ0n) is 13.7. The summed E-state index contributed by atoms with van der Waals surface area (Å²) in [5.41, 5.74) is 5.86. The molecule has 0 bridgehead atoms. The summed E-state index contributed by atoms with van der Waals surface area (Å²) in [6, 6.07) is 10.2. The van der Waals surface area contributed by atoms with Gasteiger partial charge >= 0.3 is 0 Å². The molecule has 0 fully saturated rings. The molecule has 118 valence electrons. The van der Waals surface area contributed by atoms with Crippen LogP contribution in [0, 0.1) is 0 Å². The zero-order chi connectivity index (χ0) is 15.9. The molecule has 21 heavy (non-hydrogen) atoms. The summed E-state index contributed by atoms with van der Waals surface area (Å²) in [6.45, 7) is 8.41. The van der Waals surface area contributed by atoms with Crippen LogP contribution in [0.4, 0.5) is 0 Å². The van der Waals surface area contributed by atoms with Gasteiger partial charge in [-0.15, -0.1) is 0 Å². The number of benzene rings is 1. The molecule has 1 atom stereocenters. The Bertz CT molecular complexity index is 433. The number of likely N-dealkylation sites (N-methyl/N-ethyl adjacent to an activating group) is 1. The molecule has 1 aromatic carbocycles. The van der Waals surface area contributed by atoms with E-state index in [1.54, 1.807) is 7.05 Å². The number of nitrogens with two attached hydrogens (primary N) is 1. The summed E-state index contributed by atoms with van der Waals surface area (Å²) < 4.78 is 0. The monoisotopic (exact) mass is 291 g/mol. The molecule has 3 N–H and O–H groups in total. The fourth-order valence-corrected chi connectivity index (χ4v) is 2.75. The van der Waals surface area contributed by atoms with Crippen LogP contribution >= 0.6 is 0 Å². The van der Waals surface area contributed by atoms with Crippen molar-refractivity contribution >= 4 is 5.91 Å². The topological polar surface area (TPSA) is 58.4 Å². The van der Waals surface area contributed by atoms with E-state index in [4.69, 9.17) is 5.73 Å². The SMILES string of the molecule is CCCN(CCC(NC)(C(N)=O)c1ccccc1)C(C)C. The van der Waals surface area contributed by atoms with Gasteiger partial charge in [0.15, 0.2) is 0 Å². The predicted molar refractivity (Wildman–Crippen MR) is 88.0 cm³/mol. The van der Waals surface area contributed by atoms with E-state index in [2.05, 4.69) is 31.0 Å². The van der Waals surface area contributed by atoms with E-state index in [0.29, 0.717) is 12.5 Å². The van der Waals surface area contributed by atoms with E-state index in [0.717, 1.165) is 25.1 Å². The number of hydrogen-bond acceptors (Lipinski definition) is 3. The fourth-order valence-electron chi connectivity index (χ4n) is 2.75. The van der Waals surface area contributed by atoms with Gasteiger partial charge in [-0.1, -0.05) is 37.3 Å². The van der Waals surface area contributed by atoms with Crippen LogP contribution in [0.15, 0.2) is 30.3 Å². The van der Waals surface area contributed by atoms with E-state index < -0.39 is 5.54 Å². The van der Waals surface area contributed by atoms with Crippen LogP contribution in [0.25, 0.3) is 0 Å². The molecular weight excluding hydrogens is 262 g/mol. The number of primary amides is 1. The third-order valence-corrected chi connectivity index (χ3v) is 4.13. The van der Waals surface area contributed by atoms with E-state index in [1.165, 1.54) is 0 Å². The van der Waals surface area contributed by atoms with Gasteiger partial charge < -0.3 is 16.0 Å². The Kier molecular flexibility index (Phi) is 6.85. The molecule has 0 saturated heterocycles. The number of carbonyl (C=O) groups is 1. The maximum Gasteiger partial charge on any atom is 0.242 e. The Balaban J connectivity index is 2.97. The first kappa shape index (κ1) is 17.7. The maximum absolute atomic E-state index is 12.1. The van der Waals surface area contributed by atoms with Crippen molar-refractivity contribution in [2.45, 2.75) is 45.2 Å². The molecule has 0 aromatic heterocycles. The Hall–Kier alpha value is -1.39. The standard InChI is InChI=1S/C17H29N3O/c1-5-12-20(14(2)3)13-11-17(19-4,16(18)21)15-9-7-6-8-10-15/h6-10,14,19H,5,11-13H2,1-4H3,(H2,18,21). The largest absolute Gasteiger partial charge is 0.368 e. The third-order valence-electron chi connectivity index (χ3n) is 4.13. The van der Waals surface area contributed by atoms with Gasteiger partial charge in [-0.3, -0.25) is 4.79 Å². The summed E-state index contributed by atoms with van der Waals surface area (Å²) in [5, 5.41) is 3.17. The first-order chi connectivity index (χ1) is 9.97. The molecule has 0 aliphatic carbocycles. The summed E-state index contributed by atoms with van der Waals surface area (Å²) in [4.78, 5) is 14.5. The first-order valence-corrected chi connectivity index (χ1v) is 7.76. The second-order valence-electron chi connectivity index (χ2n) is 5.77. The van der Waals surface area contributed by atoms with Gasteiger partial charge in [0, 0.05) is 12.6 Å². The van der Waals surface area contributed by atoms with Gasteiger partial charge in [-0.25, -0.2) is 0 Å². The maximum atomic E-state index is 12.1. The van der Waals surface area contributed by atoms with Gasteiger partial charge in [0.25, 0.3) is 0 Å². The van der Waals surface area contributed by atoms with Crippen LogP contribution in [0.5, 0.6) is 0 Å². The van der Waals surface area contributed by atoms with Gasteiger partial charge in [0.1, 0.15) is 5.54 Å². The van der Waals surface area contributed by atoms with Crippen molar-refractivity contribution in [1.82, 2.24) is 10.2 Å². The number of carbonyl (C=O) groups excluding carboxylic acids is 1. The van der Waals surface area contributed by atoms with Crippen molar-refractivity contribution in [1.29, 1.82) is 0 Å². The quantitative estimate of drug-likeness (QED) is 0.732. The second kappa shape index (κ2) is 8.15. The Labute approximate surface area is 128 Å². The minimum Gasteiger partial charge on any atom is -0.368 e. The van der Waals surface area contributed by atoms with Crippen LogP contribution < -0.4 is 11.1 Å². The highest BCUT2D eigenvalue weighted by Crippen LogP contribution is 2.25. The van der Waals surface area contributed by atoms with Gasteiger partial charge in [-0.05, 0) is 45.8 Å². The van der Waals surface area contributed by atoms with E-state index >= 15 is 0 Å². The average molecular weight is 291 g/mol. The highest BCUT2D eigenvalue weighted by Gasteiger charge is 2.37. The van der Waals surface area contributed by atoms with Crippen LogP contribution in [0.1, 0.15) is 39.2 Å². The number of nitrogens with zero attached hydrogens (tertiary/aromatic N) is 1. The number of nitrogens with one attached hydrogen (secondary N) is 1. The molecular formula is C17H29N3O. The van der Waals surface area contributed by atoms with Crippen molar-refractivity contribution in [3.63, 3.8) is 0 Å². The number of hydrogen-bond donors (Lipinski definition) is 2. The lowest BCUT2D eigenvalue weighted by Crippen LogP contribution is -2.53. The predicted octanol–water partition coefficient (Wildman–Crippen LogP) is 2.10. The molecule has 4 nitrogen and oxygen atoms in total. The van der Waals surface area contributed by atoms with Crippen molar-refractivity contribution in [2.75, 3.05) is 20.1 Å². The smallest absolute Gasteiger partial charge is 0.242 e.